The molecule has 0 saturated heterocycles. The summed E-state index contributed by atoms with van der Waals surface area (Å²) in [5, 5.41) is 18.5. The molecule has 0 bridgehead atoms. The van der Waals surface area contributed by atoms with Crippen molar-refractivity contribution < 1.29 is 13.2 Å². The van der Waals surface area contributed by atoms with E-state index in [1.807, 2.05) is 30.3 Å². The first kappa shape index (κ1) is 22.4. The summed E-state index contributed by atoms with van der Waals surface area (Å²) in [6, 6.07) is 16.0. The van der Waals surface area contributed by atoms with Crippen LogP contribution in [0.4, 0.5) is 24.7 Å². The number of benzene rings is 2. The first-order chi connectivity index (χ1) is 15.8. The maximum atomic E-state index is 13.2. The minimum Gasteiger partial charge on any atom is -0.368 e. The molecule has 0 aliphatic carbocycles. The van der Waals surface area contributed by atoms with Crippen molar-refractivity contribution in [2.75, 3.05) is 23.7 Å². The van der Waals surface area contributed by atoms with Gasteiger partial charge in [-0.25, -0.2) is 4.98 Å². The second kappa shape index (κ2) is 9.38. The van der Waals surface area contributed by atoms with Gasteiger partial charge in [0, 0.05) is 34.6 Å². The number of nitriles is 1. The molecule has 6 nitrogen and oxygen atoms in total. The Morgan fingerprint density at radius 1 is 1.12 bits per heavy atom. The maximum Gasteiger partial charge on any atom is 0.416 e. The van der Waals surface area contributed by atoms with Gasteiger partial charge in [-0.2, -0.15) is 18.4 Å². The van der Waals surface area contributed by atoms with Gasteiger partial charge < -0.3 is 16.0 Å². The van der Waals surface area contributed by atoms with E-state index in [4.69, 9.17) is 16.9 Å². The number of rotatable bonds is 5. The Labute approximate surface area is 193 Å². The molecule has 0 radical (unpaired) electrons. The number of alkyl halides is 3. The zero-order valence-electron chi connectivity index (χ0n) is 17.1. The van der Waals surface area contributed by atoms with Crippen LogP contribution in [0.3, 0.4) is 0 Å². The predicted octanol–water partition coefficient (Wildman–Crippen LogP) is 5.20. The largest absolute Gasteiger partial charge is 0.416 e. The molecule has 1 atom stereocenters. The molecule has 4 rings (SSSR count). The van der Waals surface area contributed by atoms with Crippen LogP contribution < -0.4 is 16.0 Å². The molecule has 0 spiro atoms. The van der Waals surface area contributed by atoms with E-state index >= 15 is 0 Å². The van der Waals surface area contributed by atoms with Crippen LogP contribution in [-0.2, 0) is 6.18 Å². The summed E-state index contributed by atoms with van der Waals surface area (Å²) in [7, 11) is 0. The number of nitrogens with one attached hydrogen (secondary N) is 3. The Bertz CT molecular complexity index is 1220. The van der Waals surface area contributed by atoms with Crippen molar-refractivity contribution in [2.45, 2.75) is 12.3 Å². The number of nitrogens with zero attached hydrogens (tertiary/aromatic N) is 3. The Hall–Kier alpha value is -3.77. The van der Waals surface area contributed by atoms with E-state index in [0.717, 1.165) is 23.4 Å². The normalized spacial score (nSPS) is 16.3. The second-order valence-corrected chi connectivity index (χ2v) is 7.61. The number of halogens is 4. The van der Waals surface area contributed by atoms with Gasteiger partial charge in [-0.05, 0) is 42.5 Å². The first-order valence-corrected chi connectivity index (χ1v) is 10.4. The van der Waals surface area contributed by atoms with Crippen molar-refractivity contribution in [1.82, 2.24) is 10.3 Å². The highest BCUT2D eigenvalue weighted by Crippen LogP contribution is 2.35. The minimum atomic E-state index is -4.48. The molecular formula is C23H18ClF3N6. The number of hydrogen-bond acceptors (Lipinski definition) is 5. The van der Waals surface area contributed by atoms with Crippen molar-refractivity contribution in [2.24, 2.45) is 4.99 Å². The molecule has 3 N–H and O–H groups in total. The van der Waals surface area contributed by atoms with Gasteiger partial charge in [-0.15, -0.1) is 0 Å². The van der Waals surface area contributed by atoms with Crippen LogP contribution in [0.2, 0.25) is 5.02 Å². The van der Waals surface area contributed by atoms with Crippen molar-refractivity contribution in [1.29, 1.82) is 5.26 Å². The SMILES string of the molecule is N#Cc1ccc(NCCN=C2NC(c3cc(C(F)(F)F)ccc3Cl)Nc3ccccc32)nc1. The molecule has 1 aliphatic heterocycles. The second-order valence-electron chi connectivity index (χ2n) is 7.20. The van der Waals surface area contributed by atoms with E-state index in [1.165, 1.54) is 12.3 Å². The lowest BCUT2D eigenvalue weighted by atomic mass is 10.0. The lowest BCUT2D eigenvalue weighted by Gasteiger charge is -2.31. The molecule has 2 heterocycles. The number of pyridine rings is 1. The number of hydrogen-bond donors (Lipinski definition) is 3. The molecule has 0 amide bonds. The Morgan fingerprint density at radius 3 is 2.67 bits per heavy atom. The molecule has 0 saturated carbocycles. The first-order valence-electron chi connectivity index (χ1n) is 9.99. The monoisotopic (exact) mass is 470 g/mol. The van der Waals surface area contributed by atoms with Gasteiger partial charge in [0.05, 0.1) is 17.7 Å². The maximum absolute atomic E-state index is 13.2. The van der Waals surface area contributed by atoms with E-state index < -0.39 is 17.9 Å². The Kier molecular flexibility index (Phi) is 6.38. The van der Waals surface area contributed by atoms with Gasteiger partial charge in [0.15, 0.2) is 0 Å². The lowest BCUT2D eigenvalue weighted by molar-refractivity contribution is -0.137. The molecule has 168 valence electrons. The van der Waals surface area contributed by atoms with E-state index in [1.54, 1.807) is 12.1 Å². The third-order valence-corrected chi connectivity index (χ3v) is 5.32. The van der Waals surface area contributed by atoms with Gasteiger partial charge in [0.1, 0.15) is 23.9 Å². The third-order valence-electron chi connectivity index (χ3n) is 4.98. The average Bonchev–Trinajstić information content (AvgIpc) is 2.81. The van der Waals surface area contributed by atoms with Gasteiger partial charge in [-0.3, -0.25) is 4.99 Å². The van der Waals surface area contributed by atoms with Crippen LogP contribution in [0.25, 0.3) is 0 Å². The fraction of sp³-hybridized carbons (Fsp3) is 0.174. The predicted molar refractivity (Wildman–Crippen MR) is 121 cm³/mol. The number of para-hydroxylation sites is 1. The minimum absolute atomic E-state index is 0.209. The summed E-state index contributed by atoms with van der Waals surface area (Å²) in [4.78, 5) is 8.75. The van der Waals surface area contributed by atoms with Crippen LogP contribution in [0, 0.1) is 11.3 Å². The fourth-order valence-corrected chi connectivity index (χ4v) is 3.59. The summed E-state index contributed by atoms with van der Waals surface area (Å²) >= 11 is 6.25. The zero-order chi connectivity index (χ0) is 23.4. The summed E-state index contributed by atoms with van der Waals surface area (Å²) in [6.07, 6.45) is -3.70. The number of amidine groups is 1. The van der Waals surface area contributed by atoms with Crippen molar-refractivity contribution in [3.05, 3.63) is 88.1 Å². The number of anilines is 2. The molecule has 33 heavy (non-hydrogen) atoms. The smallest absolute Gasteiger partial charge is 0.368 e. The molecule has 1 aromatic heterocycles. The standard InChI is InChI=1S/C23H18ClF3N6/c24-18-7-6-15(23(25,26)27)11-17(18)22-32-19-4-2-1-3-16(19)21(33-22)30-10-9-29-20-8-5-14(12-28)13-31-20/h1-8,11,13,22,32H,9-10H2,(H,29,31)(H,30,33). The van der Waals surface area contributed by atoms with Gasteiger partial charge in [0.25, 0.3) is 0 Å². The van der Waals surface area contributed by atoms with Gasteiger partial charge >= 0.3 is 6.18 Å². The lowest BCUT2D eigenvalue weighted by Crippen LogP contribution is -2.39. The highest BCUT2D eigenvalue weighted by atomic mass is 35.5. The van der Waals surface area contributed by atoms with Crippen molar-refractivity contribution >= 4 is 28.9 Å². The molecule has 2 aromatic carbocycles. The van der Waals surface area contributed by atoms with Gasteiger partial charge in [0.2, 0.25) is 0 Å². The summed E-state index contributed by atoms with van der Waals surface area (Å²) in [5.41, 5.74) is 1.50. The zero-order valence-corrected chi connectivity index (χ0v) is 17.9. The van der Waals surface area contributed by atoms with Crippen LogP contribution in [0.1, 0.15) is 28.4 Å². The van der Waals surface area contributed by atoms with E-state index in [2.05, 4.69) is 25.9 Å². The van der Waals surface area contributed by atoms with Crippen LogP contribution in [0.5, 0.6) is 0 Å². The van der Waals surface area contributed by atoms with E-state index in [-0.39, 0.29) is 10.6 Å². The topological polar surface area (TPSA) is 85.1 Å². The summed E-state index contributed by atoms with van der Waals surface area (Å²) < 4.78 is 39.7. The van der Waals surface area contributed by atoms with Crippen LogP contribution in [-0.4, -0.2) is 23.9 Å². The van der Waals surface area contributed by atoms with Crippen molar-refractivity contribution in [3.8, 4) is 6.07 Å². The molecule has 1 aliphatic rings. The average molecular weight is 471 g/mol. The molecule has 10 heteroatoms. The highest BCUT2D eigenvalue weighted by Gasteiger charge is 2.33. The fourth-order valence-electron chi connectivity index (χ4n) is 3.37. The van der Waals surface area contributed by atoms with Crippen LogP contribution >= 0.6 is 11.6 Å². The third kappa shape index (κ3) is 5.18. The molecule has 3 aromatic rings. The van der Waals surface area contributed by atoms with Crippen LogP contribution in [0.15, 0.2) is 65.8 Å². The number of fused-ring (bicyclic) bond motifs is 1. The highest BCUT2D eigenvalue weighted by molar-refractivity contribution is 6.31. The van der Waals surface area contributed by atoms with E-state index in [0.29, 0.717) is 30.3 Å². The molecular weight excluding hydrogens is 453 g/mol. The Balaban J connectivity index is 1.54. The summed E-state index contributed by atoms with van der Waals surface area (Å²) in [6.45, 7) is 0.843. The van der Waals surface area contributed by atoms with E-state index in [9.17, 15) is 13.2 Å². The van der Waals surface area contributed by atoms with Gasteiger partial charge in [-0.1, -0.05) is 23.7 Å². The molecule has 1 unspecified atom stereocenters. The quantitative estimate of drug-likeness (QED) is 0.446. The van der Waals surface area contributed by atoms with Crippen molar-refractivity contribution in [3.63, 3.8) is 0 Å². The number of aromatic nitrogens is 1. The summed E-state index contributed by atoms with van der Waals surface area (Å²) in [5.74, 6) is 1.15. The molecule has 0 fully saturated rings. The number of aliphatic imine (C=N–C) groups is 1. The Morgan fingerprint density at radius 2 is 1.94 bits per heavy atom.